The minimum atomic E-state index is -0.506. The zero-order valence-electron chi connectivity index (χ0n) is 17.3. The van der Waals surface area contributed by atoms with Crippen molar-refractivity contribution in [1.82, 2.24) is 0 Å². The Bertz CT molecular complexity index is 787. The lowest BCUT2D eigenvalue weighted by Crippen LogP contribution is -2.09. The minimum absolute atomic E-state index is 0.199. The van der Waals surface area contributed by atoms with Crippen LogP contribution in [0.1, 0.15) is 33.6 Å². The van der Waals surface area contributed by atoms with Crippen LogP contribution in [0.25, 0.3) is 0 Å². The molecule has 0 N–H and O–H groups in total. The van der Waals surface area contributed by atoms with E-state index in [0.29, 0.717) is 11.1 Å². The highest BCUT2D eigenvalue weighted by Gasteiger charge is 2.12. The predicted molar refractivity (Wildman–Crippen MR) is 118 cm³/mol. The normalized spacial score (nSPS) is 9.73. The van der Waals surface area contributed by atoms with Crippen LogP contribution in [0.2, 0.25) is 0 Å². The summed E-state index contributed by atoms with van der Waals surface area (Å²) in [5.74, 6) is -1.44. The third-order valence-corrected chi connectivity index (χ3v) is 5.38. The summed E-state index contributed by atoms with van der Waals surface area (Å²) in [5.41, 5.74) is 1.08. The average molecular weight is 449 g/mol. The van der Waals surface area contributed by atoms with Crippen molar-refractivity contribution < 1.29 is 28.7 Å². The predicted octanol–water partition coefficient (Wildman–Crippen LogP) is 4.31. The Morgan fingerprint density at radius 1 is 0.633 bits per heavy atom. The molecular weight excluding hydrogens is 424 g/mol. The van der Waals surface area contributed by atoms with Crippen molar-refractivity contribution in [3.8, 4) is 0 Å². The molecule has 0 bridgehead atoms. The second-order valence-corrected chi connectivity index (χ2v) is 7.57. The number of Topliss-reactive ketones (excluding diaryl/α,β-unsaturated/α-hetero) is 2. The number of carbonyl (C=O) groups is 4. The Morgan fingerprint density at radius 3 is 1.17 bits per heavy atom. The summed E-state index contributed by atoms with van der Waals surface area (Å²) in [6.07, 6.45) is 3.53. The summed E-state index contributed by atoms with van der Waals surface area (Å²) in [6, 6.07) is 14.3. The van der Waals surface area contributed by atoms with Gasteiger partial charge in [-0.15, -0.1) is 23.5 Å². The lowest BCUT2D eigenvalue weighted by atomic mass is 10.1. The number of hydrogen-bond donors (Lipinski definition) is 0. The van der Waals surface area contributed by atoms with E-state index < -0.39 is 11.9 Å². The number of benzene rings is 2. The Labute approximate surface area is 184 Å². The van der Waals surface area contributed by atoms with Gasteiger partial charge in [0.1, 0.15) is 12.8 Å². The van der Waals surface area contributed by atoms with Gasteiger partial charge in [-0.2, -0.15) is 0 Å². The van der Waals surface area contributed by atoms with E-state index in [-0.39, 0.29) is 24.4 Å². The molecule has 0 radical (unpaired) electrons. The molecule has 6 nitrogen and oxygen atoms in total. The van der Waals surface area contributed by atoms with E-state index in [1.807, 2.05) is 36.8 Å². The number of ketones is 2. The standard InChI is InChI=1S/2C11H12O3S/c2*1-14-11(13)7-10(12)8-3-5-9(15-2)6-4-8/h2*3-6H,7H2,1-2H3. The highest BCUT2D eigenvalue weighted by Crippen LogP contribution is 2.16. The first-order valence-corrected chi connectivity index (χ1v) is 11.3. The molecule has 0 aromatic heterocycles. The van der Waals surface area contributed by atoms with E-state index in [1.165, 1.54) is 14.2 Å². The van der Waals surface area contributed by atoms with Gasteiger partial charge >= 0.3 is 11.9 Å². The quantitative estimate of drug-likeness (QED) is 0.256. The van der Waals surface area contributed by atoms with Crippen LogP contribution in [0, 0.1) is 0 Å². The van der Waals surface area contributed by atoms with Gasteiger partial charge in [-0.25, -0.2) is 0 Å². The van der Waals surface area contributed by atoms with Gasteiger partial charge in [-0.05, 0) is 36.8 Å². The van der Waals surface area contributed by atoms with E-state index in [4.69, 9.17) is 0 Å². The molecule has 0 spiro atoms. The molecule has 0 aliphatic carbocycles. The molecule has 0 atom stereocenters. The van der Waals surface area contributed by atoms with Crippen LogP contribution in [0.3, 0.4) is 0 Å². The smallest absolute Gasteiger partial charge is 0.313 e. The monoisotopic (exact) mass is 448 g/mol. The molecule has 0 amide bonds. The second kappa shape index (κ2) is 13.6. The van der Waals surface area contributed by atoms with Crippen LogP contribution in [0.5, 0.6) is 0 Å². The van der Waals surface area contributed by atoms with E-state index in [2.05, 4.69) is 9.47 Å². The van der Waals surface area contributed by atoms with Gasteiger partial charge in [0.15, 0.2) is 11.6 Å². The van der Waals surface area contributed by atoms with E-state index in [9.17, 15) is 19.2 Å². The fourth-order valence-electron chi connectivity index (χ4n) is 2.16. The Balaban J connectivity index is 0.000000300. The Morgan fingerprint density at radius 2 is 0.933 bits per heavy atom. The van der Waals surface area contributed by atoms with Gasteiger partial charge in [0.05, 0.1) is 14.2 Å². The number of thioether (sulfide) groups is 2. The van der Waals surface area contributed by atoms with Gasteiger partial charge in [0.2, 0.25) is 0 Å². The van der Waals surface area contributed by atoms with Gasteiger partial charge in [0, 0.05) is 20.9 Å². The number of carbonyl (C=O) groups excluding carboxylic acids is 4. The van der Waals surface area contributed by atoms with Gasteiger partial charge < -0.3 is 9.47 Å². The van der Waals surface area contributed by atoms with Crippen LogP contribution in [-0.4, -0.2) is 50.2 Å². The van der Waals surface area contributed by atoms with Crippen molar-refractivity contribution in [3.63, 3.8) is 0 Å². The molecule has 0 saturated carbocycles. The number of methoxy groups -OCH3 is 2. The zero-order valence-corrected chi connectivity index (χ0v) is 18.9. The average Bonchev–Trinajstić information content (AvgIpc) is 2.79. The molecule has 8 heteroatoms. The van der Waals surface area contributed by atoms with E-state index >= 15 is 0 Å². The molecule has 0 aliphatic rings. The summed E-state index contributed by atoms with van der Waals surface area (Å²) in [4.78, 5) is 46.9. The molecule has 0 unspecified atom stereocenters. The van der Waals surface area contributed by atoms with Crippen LogP contribution < -0.4 is 0 Å². The molecule has 0 fully saturated rings. The van der Waals surface area contributed by atoms with Crippen molar-refractivity contribution in [2.45, 2.75) is 22.6 Å². The van der Waals surface area contributed by atoms with Crippen LogP contribution in [0.15, 0.2) is 58.3 Å². The van der Waals surface area contributed by atoms with Crippen LogP contribution in [-0.2, 0) is 19.1 Å². The molecule has 2 rings (SSSR count). The number of ether oxygens (including phenoxy) is 2. The number of hydrogen-bond acceptors (Lipinski definition) is 8. The lowest BCUT2D eigenvalue weighted by molar-refractivity contribution is -0.140. The summed E-state index contributed by atoms with van der Waals surface area (Å²) in [6.45, 7) is 0. The highest BCUT2D eigenvalue weighted by atomic mass is 32.2. The van der Waals surface area contributed by atoms with E-state index in [0.717, 1.165) is 9.79 Å². The molecule has 0 heterocycles. The molecule has 30 heavy (non-hydrogen) atoms. The molecule has 0 saturated heterocycles. The fraction of sp³-hybridized carbons (Fsp3) is 0.273. The number of esters is 2. The first-order valence-electron chi connectivity index (χ1n) is 8.82. The molecule has 160 valence electrons. The SMILES string of the molecule is COC(=O)CC(=O)c1ccc(SC)cc1.COC(=O)CC(=O)c1ccc(SC)cc1. The molecule has 2 aromatic rings. The van der Waals surface area contributed by atoms with Crippen molar-refractivity contribution in [1.29, 1.82) is 0 Å². The lowest BCUT2D eigenvalue weighted by Gasteiger charge is -2.01. The molecule has 2 aromatic carbocycles. The zero-order chi connectivity index (χ0) is 22.5. The van der Waals surface area contributed by atoms with Crippen molar-refractivity contribution >= 4 is 47.0 Å². The number of rotatable bonds is 8. The maximum atomic E-state index is 11.5. The summed E-state index contributed by atoms with van der Waals surface area (Å²) in [7, 11) is 2.54. The van der Waals surface area contributed by atoms with Crippen molar-refractivity contribution in [3.05, 3.63) is 59.7 Å². The van der Waals surface area contributed by atoms with E-state index in [1.54, 1.807) is 47.8 Å². The molecule has 0 aliphatic heterocycles. The van der Waals surface area contributed by atoms with Gasteiger partial charge in [0.25, 0.3) is 0 Å². The third-order valence-electron chi connectivity index (χ3n) is 3.89. The first kappa shape index (κ1) is 25.5. The van der Waals surface area contributed by atoms with Crippen LogP contribution in [0.4, 0.5) is 0 Å². The Kier molecular flexibility index (Phi) is 11.5. The van der Waals surface area contributed by atoms with Gasteiger partial charge in [-0.3, -0.25) is 19.2 Å². The second-order valence-electron chi connectivity index (χ2n) is 5.81. The van der Waals surface area contributed by atoms with Crippen molar-refractivity contribution in [2.24, 2.45) is 0 Å². The largest absolute Gasteiger partial charge is 0.469 e. The molecular formula is C22H24O6S2. The third kappa shape index (κ3) is 8.84. The minimum Gasteiger partial charge on any atom is -0.469 e. The first-order chi connectivity index (χ1) is 14.3. The Hall–Kier alpha value is -2.58. The van der Waals surface area contributed by atoms with Crippen LogP contribution >= 0.6 is 23.5 Å². The van der Waals surface area contributed by atoms with Gasteiger partial charge in [-0.1, -0.05) is 24.3 Å². The maximum Gasteiger partial charge on any atom is 0.313 e. The fourth-order valence-corrected chi connectivity index (χ4v) is 2.98. The summed E-state index contributed by atoms with van der Waals surface area (Å²) in [5, 5.41) is 0. The van der Waals surface area contributed by atoms with Crippen molar-refractivity contribution in [2.75, 3.05) is 26.7 Å². The maximum absolute atomic E-state index is 11.5. The summed E-state index contributed by atoms with van der Waals surface area (Å²) < 4.78 is 8.85. The highest BCUT2D eigenvalue weighted by molar-refractivity contribution is 7.98. The summed E-state index contributed by atoms with van der Waals surface area (Å²) >= 11 is 3.21. The topological polar surface area (TPSA) is 86.7 Å².